The van der Waals surface area contributed by atoms with Crippen LogP contribution in [-0.4, -0.2) is 32.5 Å². The Morgan fingerprint density at radius 3 is 2.48 bits per heavy atom. The monoisotopic (exact) mass is 315 g/mol. The van der Waals surface area contributed by atoms with Crippen LogP contribution < -0.4 is 0 Å². The zero-order chi connectivity index (χ0) is 15.9. The van der Waals surface area contributed by atoms with Gasteiger partial charge in [0.2, 0.25) is 0 Å². The minimum absolute atomic E-state index is 0.211. The van der Waals surface area contributed by atoms with Crippen molar-refractivity contribution in [3.63, 3.8) is 0 Å². The van der Waals surface area contributed by atoms with Gasteiger partial charge in [-0.15, -0.1) is 0 Å². The molecule has 1 aromatic carbocycles. The predicted molar refractivity (Wildman–Crippen MR) is 72.0 cm³/mol. The standard InChI is InChI=1S/C12H13NO7S/c1-2-19-12(14)4-3-9-20-21(17,18)11-7-5-10(6-8-11)13(15)16/h3-8H,2,9H2,1H3/b4-3+. The van der Waals surface area contributed by atoms with E-state index in [4.69, 9.17) is 0 Å². The number of nitro benzene ring substituents is 1. The van der Waals surface area contributed by atoms with E-state index < -0.39 is 21.0 Å². The lowest BCUT2D eigenvalue weighted by molar-refractivity contribution is -0.384. The van der Waals surface area contributed by atoms with Crippen LogP contribution in [0.15, 0.2) is 41.3 Å². The van der Waals surface area contributed by atoms with E-state index >= 15 is 0 Å². The number of carbonyl (C=O) groups is 1. The summed E-state index contributed by atoms with van der Waals surface area (Å²) in [6.07, 6.45) is 2.25. The van der Waals surface area contributed by atoms with Crippen molar-refractivity contribution in [3.05, 3.63) is 46.5 Å². The molecule has 0 bridgehead atoms. The van der Waals surface area contributed by atoms with Gasteiger partial charge in [-0.3, -0.25) is 14.3 Å². The Labute approximate surface area is 121 Å². The highest BCUT2D eigenvalue weighted by Gasteiger charge is 2.16. The first-order valence-electron chi connectivity index (χ1n) is 5.84. The Balaban J connectivity index is 2.65. The van der Waals surface area contributed by atoms with Gasteiger partial charge in [-0.2, -0.15) is 8.42 Å². The van der Waals surface area contributed by atoms with E-state index in [-0.39, 0.29) is 23.8 Å². The summed E-state index contributed by atoms with van der Waals surface area (Å²) in [5, 5.41) is 10.5. The van der Waals surface area contributed by atoms with Crippen molar-refractivity contribution >= 4 is 21.8 Å². The Morgan fingerprint density at radius 2 is 1.95 bits per heavy atom. The number of hydrogen-bond donors (Lipinski definition) is 0. The van der Waals surface area contributed by atoms with Crippen LogP contribution in [0.3, 0.4) is 0 Å². The molecule has 0 unspecified atom stereocenters. The van der Waals surface area contributed by atoms with Crippen molar-refractivity contribution in [1.29, 1.82) is 0 Å². The molecule has 0 amide bonds. The van der Waals surface area contributed by atoms with Crippen LogP contribution >= 0.6 is 0 Å². The van der Waals surface area contributed by atoms with Crippen LogP contribution in [0.2, 0.25) is 0 Å². The summed E-state index contributed by atoms with van der Waals surface area (Å²) in [5.74, 6) is -0.603. The Kier molecular flexibility index (Phi) is 6.00. The van der Waals surface area contributed by atoms with E-state index in [1.165, 1.54) is 6.08 Å². The van der Waals surface area contributed by atoms with Gasteiger partial charge < -0.3 is 4.74 Å². The summed E-state index contributed by atoms with van der Waals surface area (Å²) in [7, 11) is -4.04. The Morgan fingerprint density at radius 1 is 1.33 bits per heavy atom. The van der Waals surface area contributed by atoms with Crippen LogP contribution in [-0.2, 0) is 23.8 Å². The van der Waals surface area contributed by atoms with Gasteiger partial charge in [0, 0.05) is 18.2 Å². The fourth-order valence-electron chi connectivity index (χ4n) is 1.27. The first kappa shape index (κ1) is 16.8. The van der Waals surface area contributed by atoms with E-state index in [1.807, 2.05) is 0 Å². The lowest BCUT2D eigenvalue weighted by Gasteiger charge is -2.03. The van der Waals surface area contributed by atoms with Gasteiger partial charge in [-0.25, -0.2) is 4.79 Å². The molecule has 8 nitrogen and oxygen atoms in total. The largest absolute Gasteiger partial charge is 0.463 e. The summed E-state index contributed by atoms with van der Waals surface area (Å²) < 4.78 is 32.7. The zero-order valence-electron chi connectivity index (χ0n) is 11.1. The summed E-state index contributed by atoms with van der Waals surface area (Å²) in [4.78, 5) is 20.6. The number of rotatable bonds is 7. The molecule has 9 heteroatoms. The van der Waals surface area contributed by atoms with Gasteiger partial charge in [0.1, 0.15) is 0 Å². The van der Waals surface area contributed by atoms with E-state index in [1.54, 1.807) is 6.92 Å². The molecule has 0 fully saturated rings. The number of hydrogen-bond acceptors (Lipinski definition) is 7. The number of ether oxygens (including phenoxy) is 1. The average Bonchev–Trinajstić information content (AvgIpc) is 2.44. The molecule has 0 N–H and O–H groups in total. The molecule has 0 radical (unpaired) electrons. The van der Waals surface area contributed by atoms with Crippen molar-refractivity contribution in [2.75, 3.05) is 13.2 Å². The number of nitro groups is 1. The summed E-state index contributed by atoms with van der Waals surface area (Å²) in [6, 6.07) is 4.26. The third kappa shape index (κ3) is 5.32. The lowest BCUT2D eigenvalue weighted by Crippen LogP contribution is -2.07. The molecule has 0 saturated carbocycles. The zero-order valence-corrected chi connectivity index (χ0v) is 11.9. The maximum absolute atomic E-state index is 11.7. The molecule has 0 heterocycles. The van der Waals surface area contributed by atoms with Gasteiger partial charge >= 0.3 is 5.97 Å². The van der Waals surface area contributed by atoms with Crippen molar-refractivity contribution in [1.82, 2.24) is 0 Å². The molecule has 114 valence electrons. The first-order chi connectivity index (χ1) is 9.86. The van der Waals surface area contributed by atoms with Crippen LogP contribution in [0.1, 0.15) is 6.92 Å². The SMILES string of the molecule is CCOC(=O)/C=C/COS(=O)(=O)c1ccc([N+](=O)[O-])cc1. The van der Waals surface area contributed by atoms with E-state index in [0.29, 0.717) is 0 Å². The first-order valence-corrected chi connectivity index (χ1v) is 7.25. The predicted octanol–water partition coefficient (Wildman–Crippen LogP) is 1.42. The van der Waals surface area contributed by atoms with Gasteiger partial charge in [-0.1, -0.05) is 6.08 Å². The van der Waals surface area contributed by atoms with Gasteiger partial charge in [0.15, 0.2) is 0 Å². The molecular formula is C12H13NO7S. The molecule has 0 spiro atoms. The van der Waals surface area contributed by atoms with Crippen molar-refractivity contribution in [2.45, 2.75) is 11.8 Å². The number of benzene rings is 1. The second kappa shape index (κ2) is 7.50. The van der Waals surface area contributed by atoms with E-state index in [0.717, 1.165) is 30.3 Å². The maximum atomic E-state index is 11.7. The van der Waals surface area contributed by atoms with Crippen molar-refractivity contribution < 1.29 is 27.1 Å². The number of non-ortho nitro benzene ring substituents is 1. The number of carbonyl (C=O) groups excluding carboxylic acids is 1. The minimum atomic E-state index is -4.04. The van der Waals surface area contributed by atoms with Crippen LogP contribution in [0.4, 0.5) is 5.69 Å². The number of esters is 1. The molecule has 1 rings (SSSR count). The lowest BCUT2D eigenvalue weighted by atomic mass is 10.3. The van der Waals surface area contributed by atoms with Gasteiger partial charge in [0.05, 0.1) is 23.0 Å². The van der Waals surface area contributed by atoms with Crippen LogP contribution in [0.25, 0.3) is 0 Å². The highest BCUT2D eigenvalue weighted by atomic mass is 32.2. The summed E-state index contributed by atoms with van der Waals surface area (Å²) in [5.41, 5.74) is -0.226. The second-order valence-electron chi connectivity index (χ2n) is 3.64. The smallest absolute Gasteiger partial charge is 0.330 e. The fraction of sp³-hybridized carbons (Fsp3) is 0.250. The molecule has 0 aromatic heterocycles. The van der Waals surface area contributed by atoms with Gasteiger partial charge in [-0.05, 0) is 19.1 Å². The summed E-state index contributed by atoms with van der Waals surface area (Å²) in [6.45, 7) is 1.50. The van der Waals surface area contributed by atoms with Crippen molar-refractivity contribution in [2.24, 2.45) is 0 Å². The molecule has 0 saturated heterocycles. The topological polar surface area (TPSA) is 113 Å². The normalized spacial score (nSPS) is 11.5. The molecule has 0 aliphatic rings. The third-order valence-electron chi connectivity index (χ3n) is 2.20. The van der Waals surface area contributed by atoms with Gasteiger partial charge in [0.25, 0.3) is 15.8 Å². The highest BCUT2D eigenvalue weighted by molar-refractivity contribution is 7.86. The molecule has 0 atom stereocenters. The molecule has 21 heavy (non-hydrogen) atoms. The summed E-state index contributed by atoms with van der Waals surface area (Å²) >= 11 is 0. The maximum Gasteiger partial charge on any atom is 0.330 e. The second-order valence-corrected chi connectivity index (χ2v) is 5.26. The molecule has 0 aliphatic carbocycles. The molecular weight excluding hydrogens is 302 g/mol. The van der Waals surface area contributed by atoms with E-state index in [9.17, 15) is 23.3 Å². The quantitative estimate of drug-likeness (QED) is 0.246. The van der Waals surface area contributed by atoms with Crippen LogP contribution in [0, 0.1) is 10.1 Å². The highest BCUT2D eigenvalue weighted by Crippen LogP contribution is 2.17. The Bertz CT molecular complexity index is 634. The fourth-order valence-corrected chi connectivity index (χ4v) is 2.13. The average molecular weight is 315 g/mol. The Hall–Kier alpha value is -2.26. The molecule has 0 aliphatic heterocycles. The van der Waals surface area contributed by atoms with E-state index in [2.05, 4.69) is 8.92 Å². The number of nitrogens with zero attached hydrogens (tertiary/aromatic N) is 1. The van der Waals surface area contributed by atoms with Crippen molar-refractivity contribution in [3.8, 4) is 0 Å². The third-order valence-corrected chi connectivity index (χ3v) is 3.49. The van der Waals surface area contributed by atoms with Crippen LogP contribution in [0.5, 0.6) is 0 Å². The minimum Gasteiger partial charge on any atom is -0.463 e. The molecule has 1 aromatic rings.